The molecule has 2 aliphatic heterocycles. The maximum Gasteiger partial charge on any atom is 0.254 e. The highest BCUT2D eigenvalue weighted by Gasteiger charge is 2.46. The van der Waals surface area contributed by atoms with Gasteiger partial charge in [0.25, 0.3) is 6.71 Å². The molecule has 0 radical (unpaired) electrons. The normalized spacial score (nSPS) is 13.9. The van der Waals surface area contributed by atoms with Gasteiger partial charge in [-0.25, -0.2) is 0 Å². The van der Waals surface area contributed by atoms with Gasteiger partial charge in [-0.05, 0) is 139 Å². The Morgan fingerprint density at radius 1 is 0.581 bits per heavy atom. The van der Waals surface area contributed by atoms with Gasteiger partial charge in [-0.1, -0.05) is 143 Å². The van der Waals surface area contributed by atoms with Gasteiger partial charge in [0.2, 0.25) is 0 Å². The fourth-order valence-corrected chi connectivity index (χ4v) is 11.3. The Hall–Kier alpha value is -5.52. The average molecular weight is 831 g/mol. The predicted molar refractivity (Wildman–Crippen MR) is 271 cm³/mol. The molecule has 312 valence electrons. The van der Waals surface area contributed by atoms with Crippen molar-refractivity contribution in [1.29, 1.82) is 0 Å². The number of hydrogen-bond acceptors (Lipinski definition) is 4. The highest BCUT2D eigenvalue weighted by Crippen LogP contribution is 2.51. The zero-order chi connectivity index (χ0) is 43.8. The van der Waals surface area contributed by atoms with Gasteiger partial charge in [-0.2, -0.15) is 0 Å². The number of nitrogens with zero attached hydrogens (tertiary/aromatic N) is 2. The molecule has 4 heterocycles. The molecule has 62 heavy (non-hydrogen) atoms. The van der Waals surface area contributed by atoms with Crippen LogP contribution < -0.4 is 26.2 Å². The van der Waals surface area contributed by atoms with E-state index in [1.807, 2.05) is 29.7 Å². The van der Waals surface area contributed by atoms with E-state index in [2.05, 4.69) is 197 Å². The highest BCUT2D eigenvalue weighted by atomic mass is 32.1. The Balaban J connectivity index is 1.30. The van der Waals surface area contributed by atoms with Crippen molar-refractivity contribution < 1.29 is 4.42 Å². The van der Waals surface area contributed by atoms with Gasteiger partial charge >= 0.3 is 0 Å². The van der Waals surface area contributed by atoms with Crippen LogP contribution >= 0.6 is 11.3 Å². The molecule has 0 N–H and O–H groups in total. The molecular formula is C57H59BN2OS. The Morgan fingerprint density at radius 2 is 1.19 bits per heavy atom. The van der Waals surface area contributed by atoms with E-state index in [9.17, 15) is 0 Å². The molecule has 0 bridgehead atoms. The van der Waals surface area contributed by atoms with Crippen LogP contribution in [0.1, 0.15) is 115 Å². The number of furan rings is 1. The van der Waals surface area contributed by atoms with Crippen LogP contribution in [0.25, 0.3) is 32.2 Å². The third kappa shape index (κ3) is 6.36. The van der Waals surface area contributed by atoms with Crippen molar-refractivity contribution in [3.63, 3.8) is 0 Å². The van der Waals surface area contributed by atoms with E-state index in [0.717, 1.165) is 27.8 Å². The first-order chi connectivity index (χ1) is 29.3. The van der Waals surface area contributed by atoms with Crippen molar-refractivity contribution in [3.05, 3.63) is 149 Å². The molecule has 0 saturated heterocycles. The quantitative estimate of drug-likeness (QED) is 0.165. The molecule has 6 aromatic carbocycles. The molecule has 0 fully saturated rings. The minimum atomic E-state index is -0.0256. The summed E-state index contributed by atoms with van der Waals surface area (Å²) >= 11 is 1.96. The molecular weight excluding hydrogens is 772 g/mol. The third-order valence-corrected chi connectivity index (χ3v) is 14.8. The molecule has 0 amide bonds. The summed E-state index contributed by atoms with van der Waals surface area (Å²) in [6.07, 6.45) is 1.90. The summed E-state index contributed by atoms with van der Waals surface area (Å²) in [5.74, 6) is 0.323. The second-order valence-corrected chi connectivity index (χ2v) is 22.5. The lowest BCUT2D eigenvalue weighted by Gasteiger charge is -2.44. The van der Waals surface area contributed by atoms with Crippen molar-refractivity contribution in [2.24, 2.45) is 0 Å². The van der Waals surface area contributed by atoms with Crippen LogP contribution in [0.5, 0.6) is 0 Å². The van der Waals surface area contributed by atoms with Crippen molar-refractivity contribution in [3.8, 4) is 11.1 Å². The SMILES string of the molecule is Cc1cc(C(C)(C)C)cc(C)c1N1c2cc(C(C)C)cc3c2B(c2cc(C(C)(C)C)ccc2N3c2ccc(-c3coc4ccccc34)cc2)c2c1sc1ccc(C(C)(C)C)cc21. The molecule has 0 unspecified atom stereocenters. The topological polar surface area (TPSA) is 19.6 Å². The summed E-state index contributed by atoms with van der Waals surface area (Å²) < 4.78 is 7.35. The zero-order valence-electron chi connectivity index (χ0n) is 38.8. The second kappa shape index (κ2) is 14.0. The summed E-state index contributed by atoms with van der Waals surface area (Å²) in [7, 11) is 0. The first-order valence-electron chi connectivity index (χ1n) is 22.5. The zero-order valence-corrected chi connectivity index (χ0v) is 39.7. The number of rotatable bonds is 4. The molecule has 8 aromatic rings. The second-order valence-electron chi connectivity index (χ2n) is 21.4. The maximum atomic E-state index is 6.01. The summed E-state index contributed by atoms with van der Waals surface area (Å²) in [4.78, 5) is 5.25. The summed E-state index contributed by atoms with van der Waals surface area (Å²) in [6, 6.07) is 42.0. The molecule has 0 saturated carbocycles. The number of para-hydroxylation sites is 1. The van der Waals surface area contributed by atoms with Crippen LogP contribution in [0.2, 0.25) is 0 Å². The smallest absolute Gasteiger partial charge is 0.254 e. The fourth-order valence-electron chi connectivity index (χ4n) is 10.0. The van der Waals surface area contributed by atoms with Gasteiger partial charge in [-0.15, -0.1) is 11.3 Å². The van der Waals surface area contributed by atoms with Crippen LogP contribution in [0.4, 0.5) is 33.4 Å². The minimum Gasteiger partial charge on any atom is -0.464 e. The third-order valence-electron chi connectivity index (χ3n) is 13.6. The van der Waals surface area contributed by atoms with Crippen LogP contribution in [0.15, 0.2) is 120 Å². The predicted octanol–water partition coefficient (Wildman–Crippen LogP) is 15.0. The fraction of sp³-hybridized carbons (Fsp3) is 0.298. The molecule has 2 aromatic heterocycles. The first-order valence-corrected chi connectivity index (χ1v) is 23.3. The summed E-state index contributed by atoms with van der Waals surface area (Å²) in [5, 5.41) is 3.84. The average Bonchev–Trinajstić information content (AvgIpc) is 3.82. The lowest BCUT2D eigenvalue weighted by atomic mass is 9.33. The number of hydrogen-bond donors (Lipinski definition) is 0. The van der Waals surface area contributed by atoms with Gasteiger partial charge in [0, 0.05) is 38.4 Å². The highest BCUT2D eigenvalue weighted by molar-refractivity contribution is 7.26. The van der Waals surface area contributed by atoms with Gasteiger partial charge in [0.05, 0.1) is 17.0 Å². The summed E-state index contributed by atoms with van der Waals surface area (Å²) in [5.41, 5.74) is 21.7. The van der Waals surface area contributed by atoms with Crippen LogP contribution in [-0.4, -0.2) is 6.71 Å². The Bertz CT molecular complexity index is 3070. The maximum absolute atomic E-state index is 6.01. The monoisotopic (exact) mass is 830 g/mol. The minimum absolute atomic E-state index is 0.0120. The standard InChI is InChI=1S/C57H59BN2OS/c1-33(2)37-28-47-52-48(29-37)60(53-34(3)26-40(27-35(53)4)57(11,12)13)54-51(43-30-38(55(5,6)7)21-25-50(43)62-54)58(52)45-31-39(56(8,9)10)20-24-46(45)59(47)41-22-18-36(19-23-41)44-32-61-49-17-15-14-16-42(44)49/h14-33H,1-13H3. The van der Waals surface area contributed by atoms with Crippen molar-refractivity contribution in [2.45, 2.75) is 112 Å². The van der Waals surface area contributed by atoms with Crippen LogP contribution in [0.3, 0.4) is 0 Å². The number of fused-ring (bicyclic) bond motifs is 7. The summed E-state index contributed by atoms with van der Waals surface area (Å²) in [6.45, 7) is 30.4. The molecule has 3 nitrogen and oxygen atoms in total. The first kappa shape index (κ1) is 40.6. The van der Waals surface area contributed by atoms with E-state index in [1.165, 1.54) is 87.6 Å². The number of benzene rings is 6. The lowest BCUT2D eigenvalue weighted by Crippen LogP contribution is -2.61. The van der Waals surface area contributed by atoms with Crippen molar-refractivity contribution in [1.82, 2.24) is 0 Å². The molecule has 10 rings (SSSR count). The molecule has 0 spiro atoms. The molecule has 5 heteroatoms. The Kier molecular flexibility index (Phi) is 9.15. The lowest BCUT2D eigenvalue weighted by molar-refractivity contribution is 0.589. The largest absolute Gasteiger partial charge is 0.464 e. The Morgan fingerprint density at radius 3 is 1.84 bits per heavy atom. The van der Waals surface area contributed by atoms with Crippen molar-refractivity contribution >= 4 is 88.9 Å². The number of aryl methyl sites for hydroxylation is 2. The molecule has 0 aliphatic carbocycles. The van der Waals surface area contributed by atoms with E-state index in [-0.39, 0.29) is 23.0 Å². The van der Waals surface area contributed by atoms with Gasteiger partial charge in [-0.3, -0.25) is 0 Å². The number of anilines is 6. The van der Waals surface area contributed by atoms with E-state index in [4.69, 9.17) is 4.42 Å². The van der Waals surface area contributed by atoms with Gasteiger partial charge in [0.15, 0.2) is 0 Å². The molecule has 0 atom stereocenters. The van der Waals surface area contributed by atoms with E-state index >= 15 is 0 Å². The van der Waals surface area contributed by atoms with Gasteiger partial charge < -0.3 is 14.2 Å². The van der Waals surface area contributed by atoms with Gasteiger partial charge in [0.1, 0.15) is 5.58 Å². The van der Waals surface area contributed by atoms with E-state index in [1.54, 1.807) is 0 Å². The number of thiophene rings is 1. The van der Waals surface area contributed by atoms with E-state index < -0.39 is 0 Å². The van der Waals surface area contributed by atoms with E-state index in [0.29, 0.717) is 5.92 Å². The van der Waals surface area contributed by atoms with Crippen molar-refractivity contribution in [2.75, 3.05) is 9.80 Å². The Labute approximate surface area is 373 Å². The van der Waals surface area contributed by atoms with Crippen LogP contribution in [-0.2, 0) is 16.2 Å². The van der Waals surface area contributed by atoms with Crippen LogP contribution in [0, 0.1) is 13.8 Å². The molecule has 2 aliphatic rings.